The van der Waals surface area contributed by atoms with Crippen LogP contribution >= 0.6 is 39.0 Å². The molecule has 0 unspecified atom stereocenters. The molecule has 1 N–H and O–H groups in total. The highest BCUT2D eigenvalue weighted by Crippen LogP contribution is 2.29. The standard InChI is InChI=1S/C14H15BrN4OS2/c15-10-3-5-11(6-4-10)16-12(20)9-21-14-18-17-13(22-14)19-7-1-2-8-19/h3-6H,1-2,7-9H2,(H,16,20). The van der Waals surface area contributed by atoms with Crippen LogP contribution in [0.2, 0.25) is 0 Å². The van der Waals surface area contributed by atoms with Gasteiger partial charge >= 0.3 is 0 Å². The largest absolute Gasteiger partial charge is 0.347 e. The summed E-state index contributed by atoms with van der Waals surface area (Å²) in [6.45, 7) is 2.12. The van der Waals surface area contributed by atoms with Crippen molar-refractivity contribution in [1.82, 2.24) is 10.2 Å². The van der Waals surface area contributed by atoms with Crippen molar-refractivity contribution in [2.45, 2.75) is 17.2 Å². The number of hydrogen-bond donors (Lipinski definition) is 1. The van der Waals surface area contributed by atoms with Gasteiger partial charge in [-0.2, -0.15) is 0 Å². The summed E-state index contributed by atoms with van der Waals surface area (Å²) in [6, 6.07) is 7.53. The Morgan fingerprint density at radius 1 is 1.27 bits per heavy atom. The zero-order chi connectivity index (χ0) is 15.4. The van der Waals surface area contributed by atoms with E-state index in [0.29, 0.717) is 5.75 Å². The topological polar surface area (TPSA) is 58.1 Å². The average molecular weight is 399 g/mol. The normalized spacial score (nSPS) is 14.3. The summed E-state index contributed by atoms with van der Waals surface area (Å²) >= 11 is 6.36. The van der Waals surface area contributed by atoms with Crippen molar-refractivity contribution in [1.29, 1.82) is 0 Å². The Kier molecular flexibility index (Phi) is 5.32. The fourth-order valence-electron chi connectivity index (χ4n) is 2.15. The Hall–Kier alpha value is -1.12. The summed E-state index contributed by atoms with van der Waals surface area (Å²) in [5.41, 5.74) is 0.795. The molecule has 5 nitrogen and oxygen atoms in total. The minimum absolute atomic E-state index is 0.0368. The number of anilines is 2. The SMILES string of the molecule is O=C(CSc1nnc(N2CCCC2)s1)Nc1ccc(Br)cc1. The molecule has 0 aliphatic carbocycles. The van der Waals surface area contributed by atoms with Gasteiger partial charge in [-0.15, -0.1) is 10.2 Å². The second-order valence-electron chi connectivity index (χ2n) is 4.89. The molecule has 116 valence electrons. The van der Waals surface area contributed by atoms with E-state index in [1.165, 1.54) is 24.6 Å². The Balaban J connectivity index is 1.49. The fraction of sp³-hybridized carbons (Fsp3) is 0.357. The number of halogens is 1. The first-order valence-corrected chi connectivity index (χ1v) is 9.57. The molecule has 0 spiro atoms. The lowest BCUT2D eigenvalue weighted by molar-refractivity contribution is -0.113. The molecule has 22 heavy (non-hydrogen) atoms. The minimum Gasteiger partial charge on any atom is -0.347 e. The number of amides is 1. The molecule has 0 radical (unpaired) electrons. The Morgan fingerprint density at radius 3 is 2.73 bits per heavy atom. The Bertz CT molecular complexity index is 641. The molecule has 1 aromatic heterocycles. The van der Waals surface area contributed by atoms with E-state index < -0.39 is 0 Å². The molecule has 0 saturated carbocycles. The van der Waals surface area contributed by atoms with Gasteiger partial charge in [0.1, 0.15) is 0 Å². The number of aromatic nitrogens is 2. The first-order valence-electron chi connectivity index (χ1n) is 6.97. The molecule has 1 aliphatic rings. The lowest BCUT2D eigenvalue weighted by Crippen LogP contribution is -2.17. The number of carbonyl (C=O) groups excluding carboxylic acids is 1. The molecule has 2 heterocycles. The van der Waals surface area contributed by atoms with E-state index >= 15 is 0 Å². The van der Waals surface area contributed by atoms with Crippen LogP contribution < -0.4 is 10.2 Å². The maximum atomic E-state index is 11.9. The molecule has 1 aromatic carbocycles. The highest BCUT2D eigenvalue weighted by molar-refractivity contribution is 9.10. The van der Waals surface area contributed by atoms with Gasteiger partial charge in [0.15, 0.2) is 4.34 Å². The van der Waals surface area contributed by atoms with Gasteiger partial charge in [0.25, 0.3) is 0 Å². The second kappa shape index (κ2) is 7.43. The summed E-state index contributed by atoms with van der Waals surface area (Å²) in [6.07, 6.45) is 2.44. The first-order chi connectivity index (χ1) is 10.7. The fourth-order valence-corrected chi connectivity index (χ4v) is 4.11. The van der Waals surface area contributed by atoms with Crippen molar-refractivity contribution in [3.63, 3.8) is 0 Å². The third-order valence-corrected chi connectivity index (χ3v) is 5.87. The number of carbonyl (C=O) groups is 1. The zero-order valence-electron chi connectivity index (χ0n) is 11.8. The molecule has 1 amide bonds. The van der Waals surface area contributed by atoms with Gasteiger partial charge in [-0.25, -0.2) is 0 Å². The third kappa shape index (κ3) is 4.21. The maximum absolute atomic E-state index is 11.9. The molecule has 3 rings (SSSR count). The number of benzene rings is 1. The molecule has 1 saturated heterocycles. The third-order valence-electron chi connectivity index (χ3n) is 3.23. The quantitative estimate of drug-likeness (QED) is 0.779. The molecular formula is C14H15BrN4OS2. The monoisotopic (exact) mass is 398 g/mol. The summed E-state index contributed by atoms with van der Waals surface area (Å²) in [4.78, 5) is 14.2. The van der Waals surface area contributed by atoms with Gasteiger partial charge in [-0.05, 0) is 37.1 Å². The van der Waals surface area contributed by atoms with Crippen molar-refractivity contribution < 1.29 is 4.79 Å². The summed E-state index contributed by atoms with van der Waals surface area (Å²) in [5.74, 6) is 0.301. The van der Waals surface area contributed by atoms with E-state index in [-0.39, 0.29) is 5.91 Å². The predicted molar refractivity (Wildman–Crippen MR) is 94.9 cm³/mol. The molecule has 8 heteroatoms. The van der Waals surface area contributed by atoms with Gasteiger partial charge in [0.2, 0.25) is 11.0 Å². The molecule has 0 bridgehead atoms. The van der Waals surface area contributed by atoms with Crippen LogP contribution in [0.1, 0.15) is 12.8 Å². The number of thioether (sulfide) groups is 1. The maximum Gasteiger partial charge on any atom is 0.234 e. The molecule has 1 fully saturated rings. The van der Waals surface area contributed by atoms with E-state index in [1.807, 2.05) is 24.3 Å². The average Bonchev–Trinajstić information content (AvgIpc) is 3.18. The van der Waals surface area contributed by atoms with Gasteiger partial charge < -0.3 is 10.2 Å². The highest BCUT2D eigenvalue weighted by atomic mass is 79.9. The highest BCUT2D eigenvalue weighted by Gasteiger charge is 2.17. The lowest BCUT2D eigenvalue weighted by Gasteiger charge is -2.10. The van der Waals surface area contributed by atoms with Crippen LogP contribution in [-0.2, 0) is 4.79 Å². The van der Waals surface area contributed by atoms with E-state index in [9.17, 15) is 4.79 Å². The van der Waals surface area contributed by atoms with Gasteiger partial charge in [-0.1, -0.05) is 39.0 Å². The molecule has 2 aromatic rings. The van der Waals surface area contributed by atoms with Crippen molar-refractivity contribution in [2.24, 2.45) is 0 Å². The zero-order valence-corrected chi connectivity index (χ0v) is 15.0. The molecular weight excluding hydrogens is 384 g/mol. The van der Waals surface area contributed by atoms with Crippen molar-refractivity contribution in [2.75, 3.05) is 29.1 Å². The smallest absolute Gasteiger partial charge is 0.234 e. The Morgan fingerprint density at radius 2 is 2.00 bits per heavy atom. The Labute approximate surface area is 145 Å². The predicted octanol–water partition coefficient (Wildman–Crippen LogP) is 3.63. The van der Waals surface area contributed by atoms with Crippen LogP contribution in [0.5, 0.6) is 0 Å². The van der Waals surface area contributed by atoms with Gasteiger partial charge in [-0.3, -0.25) is 4.79 Å². The second-order valence-corrected chi connectivity index (χ2v) is 7.98. The summed E-state index contributed by atoms with van der Waals surface area (Å²) in [5, 5.41) is 12.2. The molecule has 0 atom stereocenters. The number of hydrogen-bond acceptors (Lipinski definition) is 6. The number of rotatable bonds is 5. The van der Waals surface area contributed by atoms with E-state index in [4.69, 9.17) is 0 Å². The summed E-state index contributed by atoms with van der Waals surface area (Å²) in [7, 11) is 0. The van der Waals surface area contributed by atoms with Crippen molar-refractivity contribution >= 4 is 55.8 Å². The van der Waals surface area contributed by atoms with Crippen LogP contribution in [-0.4, -0.2) is 34.9 Å². The van der Waals surface area contributed by atoms with E-state index in [2.05, 4.69) is 36.3 Å². The van der Waals surface area contributed by atoms with Crippen LogP contribution in [0, 0.1) is 0 Å². The van der Waals surface area contributed by atoms with Crippen molar-refractivity contribution in [3.8, 4) is 0 Å². The minimum atomic E-state index is -0.0368. The van der Waals surface area contributed by atoms with Crippen LogP contribution in [0.25, 0.3) is 0 Å². The first kappa shape index (κ1) is 15.8. The van der Waals surface area contributed by atoms with Gasteiger partial charge in [0, 0.05) is 23.2 Å². The van der Waals surface area contributed by atoms with Crippen LogP contribution in [0.4, 0.5) is 10.8 Å². The number of nitrogens with one attached hydrogen (secondary N) is 1. The van der Waals surface area contributed by atoms with Crippen LogP contribution in [0.3, 0.4) is 0 Å². The van der Waals surface area contributed by atoms with Crippen LogP contribution in [0.15, 0.2) is 33.1 Å². The summed E-state index contributed by atoms with van der Waals surface area (Å²) < 4.78 is 1.83. The van der Waals surface area contributed by atoms with Crippen molar-refractivity contribution in [3.05, 3.63) is 28.7 Å². The molecule has 1 aliphatic heterocycles. The lowest BCUT2D eigenvalue weighted by atomic mass is 10.3. The van der Waals surface area contributed by atoms with Gasteiger partial charge in [0.05, 0.1) is 5.75 Å². The van der Waals surface area contributed by atoms with E-state index in [0.717, 1.165) is 32.7 Å². The van der Waals surface area contributed by atoms with E-state index in [1.54, 1.807) is 11.3 Å². The number of nitrogens with zero attached hydrogens (tertiary/aromatic N) is 3.